The molecule has 94 valence electrons. The van der Waals surface area contributed by atoms with Crippen LogP contribution in [-0.2, 0) is 15.5 Å². The first-order chi connectivity index (χ1) is 7.83. The molecule has 1 aromatic rings. The fourth-order valence-corrected chi connectivity index (χ4v) is 1.68. The van der Waals surface area contributed by atoms with Crippen LogP contribution in [0.5, 0.6) is 0 Å². The first-order valence-electron chi connectivity index (χ1n) is 4.46. The van der Waals surface area contributed by atoms with E-state index in [2.05, 4.69) is 4.74 Å². The van der Waals surface area contributed by atoms with Crippen molar-refractivity contribution in [2.24, 2.45) is 0 Å². The summed E-state index contributed by atoms with van der Waals surface area (Å²) >= 11 is 11.2. The van der Waals surface area contributed by atoms with Crippen molar-refractivity contribution in [1.29, 1.82) is 0 Å². The number of ether oxygens (including phenoxy) is 1. The second kappa shape index (κ2) is 5.62. The van der Waals surface area contributed by atoms with Crippen LogP contribution in [0.1, 0.15) is 5.56 Å². The van der Waals surface area contributed by atoms with Crippen LogP contribution in [0.4, 0.5) is 8.78 Å². The quantitative estimate of drug-likeness (QED) is 0.903. The van der Waals surface area contributed by atoms with Gasteiger partial charge in [-0.25, -0.2) is 4.79 Å². The maximum absolute atomic E-state index is 13.6. The normalized spacial score (nSPS) is 11.5. The van der Waals surface area contributed by atoms with Crippen LogP contribution in [0, 0.1) is 0 Å². The van der Waals surface area contributed by atoms with Crippen molar-refractivity contribution < 1.29 is 23.4 Å². The van der Waals surface area contributed by atoms with Gasteiger partial charge in [-0.05, 0) is 18.2 Å². The van der Waals surface area contributed by atoms with Crippen LogP contribution in [0.25, 0.3) is 0 Å². The van der Waals surface area contributed by atoms with Gasteiger partial charge in [0.25, 0.3) is 5.92 Å². The molecule has 0 saturated carbocycles. The van der Waals surface area contributed by atoms with Gasteiger partial charge in [0.05, 0.1) is 5.02 Å². The number of benzene rings is 1. The molecule has 3 nitrogen and oxygen atoms in total. The lowest BCUT2D eigenvalue weighted by Crippen LogP contribution is -2.23. The summed E-state index contributed by atoms with van der Waals surface area (Å²) in [4.78, 5) is 10.1. The topological polar surface area (TPSA) is 46.5 Å². The molecule has 0 aromatic heterocycles. The summed E-state index contributed by atoms with van der Waals surface area (Å²) < 4.78 is 31.5. The summed E-state index contributed by atoms with van der Waals surface area (Å²) in [6.07, 6.45) is 0. The number of halogens is 4. The van der Waals surface area contributed by atoms with E-state index in [1.165, 1.54) is 12.1 Å². The zero-order chi connectivity index (χ0) is 13.1. The molecule has 0 atom stereocenters. The third-order valence-corrected chi connectivity index (χ3v) is 2.38. The largest absolute Gasteiger partial charge is 0.480 e. The number of rotatable bonds is 5. The third kappa shape index (κ3) is 4.11. The van der Waals surface area contributed by atoms with E-state index in [-0.39, 0.29) is 10.0 Å². The first kappa shape index (κ1) is 14.2. The second-order valence-corrected chi connectivity index (χ2v) is 4.06. The van der Waals surface area contributed by atoms with E-state index in [0.717, 1.165) is 6.07 Å². The van der Waals surface area contributed by atoms with Gasteiger partial charge in [0.2, 0.25) is 0 Å². The molecule has 0 aliphatic rings. The third-order valence-electron chi connectivity index (χ3n) is 1.83. The van der Waals surface area contributed by atoms with Gasteiger partial charge in [0.15, 0.2) is 0 Å². The average molecular weight is 285 g/mol. The minimum atomic E-state index is -3.36. The number of carboxylic acids is 1. The molecule has 0 bridgehead atoms. The van der Waals surface area contributed by atoms with Gasteiger partial charge in [-0.15, -0.1) is 0 Å². The Morgan fingerprint density at radius 1 is 1.41 bits per heavy atom. The van der Waals surface area contributed by atoms with Gasteiger partial charge >= 0.3 is 5.97 Å². The highest BCUT2D eigenvalue weighted by molar-refractivity contribution is 6.35. The van der Waals surface area contributed by atoms with Crippen LogP contribution >= 0.6 is 23.2 Å². The Labute approximate surface area is 106 Å². The van der Waals surface area contributed by atoms with Gasteiger partial charge in [-0.3, -0.25) is 0 Å². The van der Waals surface area contributed by atoms with Crippen LogP contribution < -0.4 is 0 Å². The Balaban J connectivity index is 2.78. The lowest BCUT2D eigenvalue weighted by molar-refractivity contribution is -0.147. The molecule has 0 heterocycles. The summed E-state index contributed by atoms with van der Waals surface area (Å²) in [6, 6.07) is 3.53. The Hall–Kier alpha value is -0.910. The fourth-order valence-electron chi connectivity index (χ4n) is 1.13. The Morgan fingerprint density at radius 3 is 2.59 bits per heavy atom. The second-order valence-electron chi connectivity index (χ2n) is 3.22. The monoisotopic (exact) mass is 284 g/mol. The molecule has 1 rings (SSSR count). The maximum atomic E-state index is 13.6. The molecule has 0 aliphatic heterocycles. The Kier molecular flexibility index (Phi) is 4.68. The standard InChI is InChI=1S/C10H8Cl2F2O3/c11-6-1-2-7(8(12)3-6)10(13,14)5-17-4-9(15)16/h1-3H,4-5H2,(H,15,16). The molecule has 0 spiro atoms. The molecular weight excluding hydrogens is 277 g/mol. The van der Waals surface area contributed by atoms with Crippen molar-refractivity contribution in [2.45, 2.75) is 5.92 Å². The summed E-state index contributed by atoms with van der Waals surface area (Å²) in [5.74, 6) is -4.68. The highest BCUT2D eigenvalue weighted by atomic mass is 35.5. The summed E-state index contributed by atoms with van der Waals surface area (Å²) in [5.41, 5.74) is -0.450. The van der Waals surface area contributed by atoms with E-state index >= 15 is 0 Å². The highest BCUT2D eigenvalue weighted by Gasteiger charge is 2.34. The predicted octanol–water partition coefficient (Wildman–Crippen LogP) is 3.19. The van der Waals surface area contributed by atoms with Crippen molar-refractivity contribution in [2.75, 3.05) is 13.2 Å². The smallest absolute Gasteiger partial charge is 0.329 e. The number of aliphatic carboxylic acids is 1. The van der Waals surface area contributed by atoms with Gasteiger partial charge in [-0.1, -0.05) is 23.2 Å². The number of hydrogen-bond donors (Lipinski definition) is 1. The molecule has 17 heavy (non-hydrogen) atoms. The number of carbonyl (C=O) groups is 1. The van der Waals surface area contributed by atoms with E-state index in [4.69, 9.17) is 28.3 Å². The molecule has 0 saturated heterocycles. The van der Waals surface area contributed by atoms with Gasteiger partial charge in [0.1, 0.15) is 13.2 Å². The van der Waals surface area contributed by atoms with Crippen molar-refractivity contribution in [1.82, 2.24) is 0 Å². The fraction of sp³-hybridized carbons (Fsp3) is 0.300. The summed E-state index contributed by atoms with van der Waals surface area (Å²) in [5, 5.41) is 8.30. The molecule has 1 aromatic carbocycles. The van der Waals surface area contributed by atoms with Gasteiger partial charge < -0.3 is 9.84 Å². The first-order valence-corrected chi connectivity index (χ1v) is 5.21. The average Bonchev–Trinajstić information content (AvgIpc) is 2.15. The van der Waals surface area contributed by atoms with E-state index in [1.807, 2.05) is 0 Å². The molecule has 0 radical (unpaired) electrons. The summed E-state index contributed by atoms with van der Waals surface area (Å²) in [6.45, 7) is -1.85. The van der Waals surface area contributed by atoms with E-state index < -0.39 is 30.7 Å². The van der Waals surface area contributed by atoms with Crippen LogP contribution in [0.15, 0.2) is 18.2 Å². The summed E-state index contributed by atoms with van der Waals surface area (Å²) in [7, 11) is 0. The van der Waals surface area contributed by atoms with Crippen molar-refractivity contribution >= 4 is 29.2 Å². The number of carboxylic acid groups (broad SMARTS) is 1. The van der Waals surface area contributed by atoms with Crippen LogP contribution in [0.2, 0.25) is 10.0 Å². The highest BCUT2D eigenvalue weighted by Crippen LogP contribution is 2.35. The van der Waals surface area contributed by atoms with Crippen LogP contribution in [0.3, 0.4) is 0 Å². The minimum Gasteiger partial charge on any atom is -0.480 e. The van der Waals surface area contributed by atoms with Crippen LogP contribution in [-0.4, -0.2) is 24.3 Å². The molecular formula is C10H8Cl2F2O3. The van der Waals surface area contributed by atoms with Crippen molar-refractivity contribution in [3.05, 3.63) is 33.8 Å². The van der Waals surface area contributed by atoms with Gasteiger partial charge in [-0.2, -0.15) is 8.78 Å². The minimum absolute atomic E-state index is 0.193. The lowest BCUT2D eigenvalue weighted by atomic mass is 10.1. The molecule has 0 fully saturated rings. The SMILES string of the molecule is O=C(O)COCC(F)(F)c1ccc(Cl)cc1Cl. The zero-order valence-electron chi connectivity index (χ0n) is 8.42. The van der Waals surface area contributed by atoms with Crippen molar-refractivity contribution in [3.8, 4) is 0 Å². The lowest BCUT2D eigenvalue weighted by Gasteiger charge is -2.17. The van der Waals surface area contributed by atoms with E-state index in [1.54, 1.807) is 0 Å². The van der Waals surface area contributed by atoms with E-state index in [0.29, 0.717) is 0 Å². The molecule has 0 unspecified atom stereocenters. The Bertz CT molecular complexity index is 424. The van der Waals surface area contributed by atoms with Gasteiger partial charge in [0, 0.05) is 10.6 Å². The molecule has 0 amide bonds. The van der Waals surface area contributed by atoms with Crippen molar-refractivity contribution in [3.63, 3.8) is 0 Å². The molecule has 0 aliphatic carbocycles. The molecule has 1 N–H and O–H groups in total. The maximum Gasteiger partial charge on any atom is 0.329 e. The number of hydrogen-bond acceptors (Lipinski definition) is 2. The molecule has 7 heteroatoms. The van der Waals surface area contributed by atoms with E-state index in [9.17, 15) is 13.6 Å². The Morgan fingerprint density at radius 2 is 2.06 bits per heavy atom. The zero-order valence-corrected chi connectivity index (χ0v) is 9.93. The number of alkyl halides is 2. The predicted molar refractivity (Wildman–Crippen MR) is 58.8 cm³/mol.